The van der Waals surface area contributed by atoms with Crippen LogP contribution >= 0.6 is 0 Å². The molecule has 47 heavy (non-hydrogen) atoms. The zero-order valence-electron chi connectivity index (χ0n) is 26.7. The predicted molar refractivity (Wildman–Crippen MR) is 180 cm³/mol. The van der Waals surface area contributed by atoms with Gasteiger partial charge in [0.15, 0.2) is 0 Å². The van der Waals surface area contributed by atoms with Crippen LogP contribution in [0.15, 0.2) is 71.9 Å². The maximum absolute atomic E-state index is 13.8. The number of carbonyl (C=O) groups excluding carboxylic acids is 2. The van der Waals surface area contributed by atoms with E-state index in [9.17, 15) is 24.5 Å². The first kappa shape index (κ1) is 32.7. The summed E-state index contributed by atoms with van der Waals surface area (Å²) in [4.78, 5) is 44.2. The molecule has 0 radical (unpaired) electrons. The summed E-state index contributed by atoms with van der Waals surface area (Å²) in [6, 6.07) is 17.1. The molecule has 3 heterocycles. The molecule has 6 rings (SSSR count). The molecule has 1 aromatic heterocycles. The molecule has 2 aromatic carbocycles. The normalized spacial score (nSPS) is 23.0. The largest absolute Gasteiger partial charge is 0.507 e. The summed E-state index contributed by atoms with van der Waals surface area (Å²) in [6.45, 7) is 2.36. The van der Waals surface area contributed by atoms with Crippen molar-refractivity contribution in [2.24, 2.45) is 17.8 Å². The molecule has 4 atom stereocenters. The number of likely N-dealkylation sites (tertiary alicyclic amines) is 1. The van der Waals surface area contributed by atoms with Crippen molar-refractivity contribution in [3.8, 4) is 5.75 Å². The van der Waals surface area contributed by atoms with Gasteiger partial charge in [-0.25, -0.2) is 0 Å². The van der Waals surface area contributed by atoms with Gasteiger partial charge in [0, 0.05) is 24.5 Å². The highest BCUT2D eigenvalue weighted by atomic mass is 16.5. The Kier molecular flexibility index (Phi) is 9.89. The number of benzene rings is 2. The minimum absolute atomic E-state index is 0.0738. The molecule has 0 spiro atoms. The Balaban J connectivity index is 1.26. The van der Waals surface area contributed by atoms with Crippen LogP contribution in [-0.2, 0) is 19.0 Å². The summed E-state index contributed by atoms with van der Waals surface area (Å²) in [5.74, 6) is -2.21. The van der Waals surface area contributed by atoms with Gasteiger partial charge in [0.1, 0.15) is 5.75 Å². The number of fused-ring (bicyclic) bond motifs is 4. The summed E-state index contributed by atoms with van der Waals surface area (Å²) >= 11 is 0. The average molecular weight is 637 g/mol. The molecule has 1 aliphatic carbocycles. The molecule has 3 aromatic rings. The molecule has 2 amide bonds. The molecule has 3 aliphatic rings. The fourth-order valence-corrected chi connectivity index (χ4v) is 7.84. The smallest absolute Gasteiger partial charge is 0.455 e. The number of carbonyl (C=O) groups is 3. The zero-order valence-corrected chi connectivity index (χ0v) is 26.7. The van der Waals surface area contributed by atoms with Gasteiger partial charge in [-0.05, 0) is 97.1 Å². The molecule has 0 bridgehead atoms. The standard InChI is InChI=1S/C37H41BN2O7/c1-2-23-21-28-35(37(45)40(36(28)44)19-9-3-4-13-33(42)43)29-22-38(46)47-32(34(23)29)17-15-25(30-12-7-8-18-39-30)20-24-14-16-31(41)27-11-6-5-10-26(24)27/h5-8,10-12,14,16,18,20,28-29,32,35,41,46H,2-4,9,13,15,17,19,21-22H2,1H3,(H,42,43)/b25-20-/t28-,29+,32-,35-/m1/s1. The number of allylic oxidation sites excluding steroid dienone is 2. The van der Waals surface area contributed by atoms with Crippen LogP contribution in [0.2, 0.25) is 6.32 Å². The molecule has 0 saturated carbocycles. The molecule has 0 unspecified atom stereocenters. The van der Waals surface area contributed by atoms with Crippen LogP contribution in [0, 0.1) is 17.8 Å². The Bertz CT molecular complexity index is 1720. The molecule has 3 N–H and O–H groups in total. The van der Waals surface area contributed by atoms with Gasteiger partial charge in [-0.2, -0.15) is 0 Å². The van der Waals surface area contributed by atoms with Gasteiger partial charge in [0.25, 0.3) is 0 Å². The quantitative estimate of drug-likeness (QED) is 0.0937. The first-order valence-corrected chi connectivity index (χ1v) is 16.7. The second kappa shape index (κ2) is 14.2. The number of hydrogen-bond donors (Lipinski definition) is 3. The van der Waals surface area contributed by atoms with Crippen LogP contribution in [0.5, 0.6) is 5.75 Å². The van der Waals surface area contributed by atoms with Crippen LogP contribution in [0.25, 0.3) is 22.4 Å². The molecule has 244 valence electrons. The fourth-order valence-electron chi connectivity index (χ4n) is 7.84. The number of hydrogen-bond acceptors (Lipinski definition) is 7. The first-order valence-electron chi connectivity index (χ1n) is 16.7. The highest BCUT2D eigenvalue weighted by molar-refractivity contribution is 6.43. The Morgan fingerprint density at radius 2 is 1.79 bits per heavy atom. The Hall–Kier alpha value is -4.28. The average Bonchev–Trinajstić information content (AvgIpc) is 3.31. The van der Waals surface area contributed by atoms with E-state index >= 15 is 0 Å². The van der Waals surface area contributed by atoms with Gasteiger partial charge >= 0.3 is 13.1 Å². The predicted octanol–water partition coefficient (Wildman–Crippen LogP) is 6.11. The van der Waals surface area contributed by atoms with E-state index in [0.717, 1.165) is 45.2 Å². The van der Waals surface area contributed by atoms with Crippen molar-refractivity contribution < 1.29 is 34.3 Å². The maximum Gasteiger partial charge on any atom is 0.455 e. The number of aromatic hydroxyl groups is 1. The third-order valence-electron chi connectivity index (χ3n) is 10.0. The molecular weight excluding hydrogens is 595 g/mol. The van der Waals surface area contributed by atoms with Crippen molar-refractivity contribution in [1.29, 1.82) is 0 Å². The summed E-state index contributed by atoms with van der Waals surface area (Å²) in [6.07, 6.45) is 7.86. The number of phenols is 1. The molecular formula is C37H41BN2O7. The van der Waals surface area contributed by atoms with Gasteiger partial charge in [0.05, 0.1) is 23.6 Å². The van der Waals surface area contributed by atoms with E-state index in [0.29, 0.717) is 45.1 Å². The number of aliphatic carboxylic acids is 1. The van der Waals surface area contributed by atoms with Crippen molar-refractivity contribution in [1.82, 2.24) is 9.88 Å². The van der Waals surface area contributed by atoms with E-state index in [2.05, 4.69) is 18.0 Å². The van der Waals surface area contributed by atoms with E-state index in [1.54, 1.807) is 12.3 Å². The lowest BCUT2D eigenvalue weighted by atomic mass is 9.58. The second-order valence-corrected chi connectivity index (χ2v) is 12.8. The van der Waals surface area contributed by atoms with E-state index < -0.39 is 31.0 Å². The number of imide groups is 1. The SMILES string of the molecule is CCC1=C2[C@@H](CC/C(=C/c3ccc(O)c4ccccc34)c3ccccn3)OB(O)C[C@@H]2[C@@H]2C(=O)N(CCCCCC(=O)O)C(=O)[C@@H]2C1. The van der Waals surface area contributed by atoms with Crippen LogP contribution in [-0.4, -0.2) is 62.7 Å². The van der Waals surface area contributed by atoms with Gasteiger partial charge in [-0.15, -0.1) is 0 Å². The Labute approximate surface area is 275 Å². The number of phenolic OH excluding ortho intramolecular Hbond substituents is 1. The van der Waals surface area contributed by atoms with Gasteiger partial charge < -0.3 is 19.9 Å². The number of rotatable bonds is 12. The molecule has 2 aliphatic heterocycles. The molecule has 2 fully saturated rings. The second-order valence-electron chi connectivity index (χ2n) is 12.8. The Morgan fingerprint density at radius 1 is 1.00 bits per heavy atom. The molecule has 9 nitrogen and oxygen atoms in total. The topological polar surface area (TPSA) is 137 Å². The van der Waals surface area contributed by atoms with E-state index in [1.807, 2.05) is 48.5 Å². The van der Waals surface area contributed by atoms with Crippen molar-refractivity contribution in [3.63, 3.8) is 0 Å². The number of carboxylic acids is 1. The minimum Gasteiger partial charge on any atom is -0.507 e. The van der Waals surface area contributed by atoms with Crippen LogP contribution in [0.4, 0.5) is 0 Å². The van der Waals surface area contributed by atoms with Crippen LogP contribution in [0.3, 0.4) is 0 Å². The van der Waals surface area contributed by atoms with Crippen molar-refractivity contribution >= 4 is 47.3 Å². The highest BCUT2D eigenvalue weighted by Crippen LogP contribution is 2.51. The van der Waals surface area contributed by atoms with E-state index in [4.69, 9.17) is 9.76 Å². The molecule has 2 saturated heterocycles. The van der Waals surface area contributed by atoms with E-state index in [-0.39, 0.29) is 36.2 Å². The van der Waals surface area contributed by atoms with Crippen molar-refractivity contribution in [2.75, 3.05) is 6.54 Å². The van der Waals surface area contributed by atoms with Gasteiger partial charge in [-0.1, -0.05) is 55.3 Å². The van der Waals surface area contributed by atoms with Crippen molar-refractivity contribution in [3.05, 3.63) is 83.2 Å². The highest BCUT2D eigenvalue weighted by Gasteiger charge is 2.56. The fraction of sp³-hybridized carbons (Fsp3) is 0.405. The summed E-state index contributed by atoms with van der Waals surface area (Å²) in [5.41, 5.74) is 4.94. The number of aromatic nitrogens is 1. The van der Waals surface area contributed by atoms with Crippen LogP contribution < -0.4 is 0 Å². The number of unbranched alkanes of at least 4 members (excludes halogenated alkanes) is 2. The summed E-state index contributed by atoms with van der Waals surface area (Å²) in [5, 5.41) is 32.0. The van der Waals surface area contributed by atoms with Crippen molar-refractivity contribution in [2.45, 2.75) is 70.7 Å². The third-order valence-corrected chi connectivity index (χ3v) is 10.0. The van der Waals surface area contributed by atoms with E-state index in [1.165, 1.54) is 4.90 Å². The summed E-state index contributed by atoms with van der Waals surface area (Å²) in [7, 11) is -1.05. The first-order chi connectivity index (χ1) is 22.8. The maximum atomic E-state index is 13.8. The minimum atomic E-state index is -1.05. The zero-order chi connectivity index (χ0) is 33.1. The van der Waals surface area contributed by atoms with Gasteiger partial charge in [-0.3, -0.25) is 24.3 Å². The Morgan fingerprint density at radius 3 is 2.53 bits per heavy atom. The lowest BCUT2D eigenvalue weighted by molar-refractivity contribution is -0.141. The lowest BCUT2D eigenvalue weighted by Crippen LogP contribution is -2.46. The molecule has 10 heteroatoms. The summed E-state index contributed by atoms with van der Waals surface area (Å²) < 4.78 is 6.22. The number of amides is 2. The van der Waals surface area contributed by atoms with Crippen LogP contribution in [0.1, 0.15) is 69.5 Å². The number of pyridine rings is 1. The monoisotopic (exact) mass is 636 g/mol. The van der Waals surface area contributed by atoms with Gasteiger partial charge in [0.2, 0.25) is 11.8 Å². The number of nitrogens with zero attached hydrogens (tertiary/aromatic N) is 2. The lowest BCUT2D eigenvalue weighted by Gasteiger charge is -2.43. The third kappa shape index (κ3) is 6.76. The number of carboxylic acid groups (broad SMARTS) is 1.